The molecule has 0 aromatic carbocycles. The molecule has 1 aromatic heterocycles. The molecule has 3 atom stereocenters. The number of pyridine rings is 1. The topological polar surface area (TPSA) is 126 Å². The van der Waals surface area contributed by atoms with Gasteiger partial charge >= 0.3 is 12.1 Å². The minimum Gasteiger partial charge on any atom is -0.475 e. The summed E-state index contributed by atoms with van der Waals surface area (Å²) in [6.45, 7) is 0.804. The SMILES string of the molecule is O=C(Nc1cccnc1)[C@H]1C[C@H]2OCC[C@H]2N(S(=O)(=O)C2CC2)C1.O=C(O)C(F)(F)F. The Morgan fingerprint density at radius 2 is 1.94 bits per heavy atom. The molecule has 1 amide bonds. The molecular weight excluding hydrogens is 443 g/mol. The molecule has 3 fully saturated rings. The standard InChI is InChI=1S/C16H21N3O4S.C2HF3O2/c20-16(18-12-2-1-6-17-9-12)11-8-15-14(5-7-23-15)19(10-11)24(21,22)13-3-4-13;3-2(4,5)1(6)7/h1-2,6,9,11,13-15H,3-5,7-8,10H2,(H,18,20);(H,6,7)/t11-,14+,15+;/m0./s1. The summed E-state index contributed by atoms with van der Waals surface area (Å²) in [6.07, 6.45) is 0.677. The fourth-order valence-corrected chi connectivity index (χ4v) is 5.74. The number of nitrogens with one attached hydrogen (secondary N) is 1. The van der Waals surface area contributed by atoms with Gasteiger partial charge in [-0.1, -0.05) is 0 Å². The number of amides is 1. The monoisotopic (exact) mass is 465 g/mol. The number of carbonyl (C=O) groups excluding carboxylic acids is 1. The van der Waals surface area contributed by atoms with Crippen molar-refractivity contribution in [2.24, 2.45) is 5.92 Å². The third-order valence-corrected chi connectivity index (χ3v) is 7.66. The maximum Gasteiger partial charge on any atom is 0.490 e. The van der Waals surface area contributed by atoms with Gasteiger partial charge in [0, 0.05) is 19.3 Å². The molecule has 2 N–H and O–H groups in total. The lowest BCUT2D eigenvalue weighted by Crippen LogP contribution is -2.54. The zero-order chi connectivity index (χ0) is 22.8. The van der Waals surface area contributed by atoms with Crippen LogP contribution in [-0.4, -0.2) is 71.4 Å². The van der Waals surface area contributed by atoms with Crippen molar-refractivity contribution in [3.05, 3.63) is 24.5 Å². The summed E-state index contributed by atoms with van der Waals surface area (Å²) in [5.41, 5.74) is 0.619. The van der Waals surface area contributed by atoms with Crippen LogP contribution in [0.15, 0.2) is 24.5 Å². The van der Waals surface area contributed by atoms with E-state index in [0.717, 1.165) is 12.8 Å². The predicted molar refractivity (Wildman–Crippen MR) is 101 cm³/mol. The van der Waals surface area contributed by atoms with E-state index in [1.807, 2.05) is 0 Å². The molecule has 1 saturated carbocycles. The third kappa shape index (κ3) is 5.71. The molecule has 4 rings (SSSR count). The van der Waals surface area contributed by atoms with E-state index in [1.165, 1.54) is 0 Å². The Balaban J connectivity index is 0.000000339. The van der Waals surface area contributed by atoms with Crippen LogP contribution in [0.3, 0.4) is 0 Å². The van der Waals surface area contributed by atoms with Crippen LogP contribution in [0.4, 0.5) is 18.9 Å². The van der Waals surface area contributed by atoms with E-state index < -0.39 is 28.1 Å². The smallest absolute Gasteiger partial charge is 0.475 e. The molecule has 2 aliphatic heterocycles. The molecular formula is C18H22F3N3O6S. The first-order valence-electron chi connectivity index (χ1n) is 9.63. The highest BCUT2D eigenvalue weighted by atomic mass is 32.2. The number of piperidine rings is 1. The van der Waals surface area contributed by atoms with Crippen molar-refractivity contribution in [1.29, 1.82) is 0 Å². The maximum atomic E-state index is 12.7. The highest BCUT2D eigenvalue weighted by molar-refractivity contribution is 7.90. The van der Waals surface area contributed by atoms with Gasteiger partial charge in [0.05, 0.1) is 35.2 Å². The minimum atomic E-state index is -5.08. The highest BCUT2D eigenvalue weighted by Crippen LogP contribution is 2.39. The van der Waals surface area contributed by atoms with Crippen LogP contribution in [0.2, 0.25) is 0 Å². The number of alkyl halides is 3. The Kier molecular flexibility index (Phi) is 6.86. The van der Waals surface area contributed by atoms with Gasteiger partial charge in [-0.15, -0.1) is 0 Å². The summed E-state index contributed by atoms with van der Waals surface area (Å²) >= 11 is 0. The lowest BCUT2D eigenvalue weighted by molar-refractivity contribution is -0.192. The van der Waals surface area contributed by atoms with Crippen LogP contribution < -0.4 is 5.32 Å². The second kappa shape index (κ2) is 9.09. The lowest BCUT2D eigenvalue weighted by Gasteiger charge is -2.39. The quantitative estimate of drug-likeness (QED) is 0.692. The average molecular weight is 465 g/mol. The van der Waals surface area contributed by atoms with Crippen LogP contribution in [0, 0.1) is 5.92 Å². The number of carbonyl (C=O) groups is 2. The van der Waals surface area contributed by atoms with Crippen LogP contribution in [0.1, 0.15) is 25.7 Å². The van der Waals surface area contributed by atoms with E-state index in [9.17, 15) is 26.4 Å². The van der Waals surface area contributed by atoms with Gasteiger partial charge in [0.1, 0.15) is 0 Å². The third-order valence-electron chi connectivity index (χ3n) is 5.28. The molecule has 13 heteroatoms. The van der Waals surface area contributed by atoms with Crippen molar-refractivity contribution in [3.63, 3.8) is 0 Å². The number of carboxylic acids is 1. The number of aliphatic carboxylic acids is 1. The van der Waals surface area contributed by atoms with Crippen molar-refractivity contribution < 1.29 is 41.0 Å². The van der Waals surface area contributed by atoms with Crippen LogP contribution >= 0.6 is 0 Å². The average Bonchev–Trinajstić information content (AvgIpc) is 3.46. The molecule has 9 nitrogen and oxygen atoms in total. The predicted octanol–water partition coefficient (Wildman–Crippen LogP) is 1.63. The minimum absolute atomic E-state index is 0.113. The van der Waals surface area contributed by atoms with Crippen LogP contribution in [-0.2, 0) is 24.3 Å². The molecule has 0 radical (unpaired) electrons. The Bertz CT molecular complexity index is 908. The first-order valence-corrected chi connectivity index (χ1v) is 11.1. The molecule has 3 aliphatic rings. The summed E-state index contributed by atoms with van der Waals surface area (Å²) in [5.74, 6) is -3.33. The van der Waals surface area contributed by atoms with Gasteiger partial charge in [-0.05, 0) is 37.8 Å². The zero-order valence-electron chi connectivity index (χ0n) is 16.3. The molecule has 2 saturated heterocycles. The summed E-state index contributed by atoms with van der Waals surface area (Å²) in [6, 6.07) is 3.40. The Morgan fingerprint density at radius 1 is 1.26 bits per heavy atom. The molecule has 1 aliphatic carbocycles. The van der Waals surface area contributed by atoms with Gasteiger partial charge < -0.3 is 15.2 Å². The van der Waals surface area contributed by atoms with E-state index >= 15 is 0 Å². The number of aromatic nitrogens is 1. The highest BCUT2D eigenvalue weighted by Gasteiger charge is 2.50. The number of sulfonamides is 1. The van der Waals surface area contributed by atoms with Gasteiger partial charge in [-0.3, -0.25) is 9.78 Å². The van der Waals surface area contributed by atoms with Gasteiger partial charge in [-0.2, -0.15) is 17.5 Å². The molecule has 1 aromatic rings. The number of hydrogen-bond acceptors (Lipinski definition) is 6. The molecule has 0 spiro atoms. The number of rotatable bonds is 4. The number of ether oxygens (including phenoxy) is 1. The van der Waals surface area contributed by atoms with Crippen molar-refractivity contribution in [1.82, 2.24) is 9.29 Å². The molecule has 0 unspecified atom stereocenters. The van der Waals surface area contributed by atoms with Crippen LogP contribution in [0.5, 0.6) is 0 Å². The Labute approximate surface area is 176 Å². The summed E-state index contributed by atoms with van der Waals surface area (Å²) < 4.78 is 64.5. The normalized spacial score (nSPS) is 26.4. The largest absolute Gasteiger partial charge is 0.490 e. The van der Waals surface area contributed by atoms with E-state index in [1.54, 1.807) is 28.8 Å². The van der Waals surface area contributed by atoms with Gasteiger partial charge in [0.2, 0.25) is 15.9 Å². The zero-order valence-corrected chi connectivity index (χ0v) is 17.1. The number of anilines is 1. The van der Waals surface area contributed by atoms with E-state index in [0.29, 0.717) is 25.1 Å². The number of hydrogen-bond donors (Lipinski definition) is 2. The first kappa shape index (κ1) is 23.4. The maximum absolute atomic E-state index is 12.7. The Morgan fingerprint density at radius 3 is 2.48 bits per heavy atom. The van der Waals surface area contributed by atoms with E-state index in [-0.39, 0.29) is 29.8 Å². The lowest BCUT2D eigenvalue weighted by atomic mass is 9.91. The Hall–Kier alpha value is -2.25. The summed E-state index contributed by atoms with van der Waals surface area (Å²) in [7, 11) is -3.32. The number of carboxylic acid groups (broad SMARTS) is 1. The fraction of sp³-hybridized carbons (Fsp3) is 0.611. The van der Waals surface area contributed by atoms with Gasteiger partial charge in [-0.25, -0.2) is 13.2 Å². The van der Waals surface area contributed by atoms with Crippen molar-refractivity contribution in [3.8, 4) is 0 Å². The number of nitrogens with zero attached hydrogens (tertiary/aromatic N) is 2. The van der Waals surface area contributed by atoms with Gasteiger partial charge in [0.25, 0.3) is 0 Å². The van der Waals surface area contributed by atoms with Crippen molar-refractivity contribution in [2.75, 3.05) is 18.5 Å². The first-order chi connectivity index (χ1) is 14.5. The summed E-state index contributed by atoms with van der Waals surface area (Å²) in [5, 5.41) is 9.69. The van der Waals surface area contributed by atoms with Crippen molar-refractivity contribution >= 4 is 27.6 Å². The number of halogens is 3. The van der Waals surface area contributed by atoms with Gasteiger partial charge in [0.15, 0.2) is 0 Å². The number of fused-ring (bicyclic) bond motifs is 1. The van der Waals surface area contributed by atoms with E-state index in [4.69, 9.17) is 14.6 Å². The molecule has 3 heterocycles. The van der Waals surface area contributed by atoms with Crippen molar-refractivity contribution in [2.45, 2.75) is 49.3 Å². The second-order valence-corrected chi connectivity index (χ2v) is 9.71. The second-order valence-electron chi connectivity index (χ2n) is 7.55. The fourth-order valence-electron chi connectivity index (χ4n) is 3.62. The summed E-state index contributed by atoms with van der Waals surface area (Å²) in [4.78, 5) is 25.5. The molecule has 31 heavy (non-hydrogen) atoms. The van der Waals surface area contributed by atoms with Crippen LogP contribution in [0.25, 0.3) is 0 Å². The van der Waals surface area contributed by atoms with E-state index in [2.05, 4.69) is 10.3 Å². The molecule has 0 bridgehead atoms. The molecule has 172 valence electrons.